The molecule has 0 aliphatic carbocycles. The third kappa shape index (κ3) is 4.56. The smallest absolute Gasteiger partial charge is 0.162 e. The lowest BCUT2D eigenvalue weighted by Crippen LogP contribution is -2.04. The van der Waals surface area contributed by atoms with Crippen molar-refractivity contribution in [3.63, 3.8) is 0 Å². The second-order valence-corrected chi connectivity index (χ2v) is 6.25. The maximum atomic E-state index is 13.4. The van der Waals surface area contributed by atoms with E-state index in [-0.39, 0.29) is 5.02 Å². The van der Waals surface area contributed by atoms with Crippen LogP contribution in [0.5, 0.6) is 11.5 Å². The Morgan fingerprint density at radius 3 is 2.74 bits per heavy atom. The highest BCUT2D eigenvalue weighted by molar-refractivity contribution is 6.31. The van der Waals surface area contributed by atoms with Gasteiger partial charge in [-0.1, -0.05) is 11.6 Å². The second kappa shape index (κ2) is 8.83. The Morgan fingerprint density at radius 2 is 2.00 bits per heavy atom. The van der Waals surface area contributed by atoms with Gasteiger partial charge in [0.05, 0.1) is 24.3 Å². The van der Waals surface area contributed by atoms with E-state index in [1.165, 1.54) is 18.5 Å². The van der Waals surface area contributed by atoms with Gasteiger partial charge in [0.25, 0.3) is 0 Å². The lowest BCUT2D eigenvalue weighted by atomic mass is 10.2. The monoisotopic (exact) mass is 390 g/mol. The molecule has 0 unspecified atom stereocenters. The molecule has 6 nitrogen and oxygen atoms in total. The molecule has 0 atom stereocenters. The van der Waals surface area contributed by atoms with E-state index in [4.69, 9.17) is 26.8 Å². The number of rotatable bonds is 8. The minimum Gasteiger partial charge on any atom is -0.493 e. The molecule has 2 aromatic carbocycles. The number of nitrogens with zero attached hydrogens (tertiary/aromatic N) is 2. The first-order valence-electron chi connectivity index (χ1n) is 8.50. The van der Waals surface area contributed by atoms with Crippen LogP contribution in [0.2, 0.25) is 5.02 Å². The van der Waals surface area contributed by atoms with Crippen molar-refractivity contribution in [1.29, 1.82) is 0 Å². The molecule has 0 fully saturated rings. The van der Waals surface area contributed by atoms with E-state index in [9.17, 15) is 4.39 Å². The number of anilines is 2. The summed E-state index contributed by atoms with van der Waals surface area (Å²) in [5.41, 5.74) is 6.81. The summed E-state index contributed by atoms with van der Waals surface area (Å²) in [7, 11) is 1.58. The predicted octanol–water partition coefficient (Wildman–Crippen LogP) is 4.29. The maximum Gasteiger partial charge on any atom is 0.162 e. The number of hydrogen-bond acceptors (Lipinski definition) is 6. The molecule has 0 radical (unpaired) electrons. The summed E-state index contributed by atoms with van der Waals surface area (Å²) in [6, 6.07) is 7.99. The van der Waals surface area contributed by atoms with Crippen LogP contribution in [0.1, 0.15) is 12.8 Å². The number of hydrogen-bond donors (Lipinski definition) is 2. The number of nitrogens with one attached hydrogen (secondary N) is 1. The Hall–Kier alpha value is -2.64. The zero-order valence-corrected chi connectivity index (χ0v) is 15.6. The normalized spacial score (nSPS) is 10.8. The van der Waals surface area contributed by atoms with Gasteiger partial charge in [0.15, 0.2) is 11.5 Å². The first-order valence-corrected chi connectivity index (χ1v) is 8.88. The summed E-state index contributed by atoms with van der Waals surface area (Å²) in [6.07, 6.45) is 3.18. The molecule has 0 aliphatic rings. The van der Waals surface area contributed by atoms with Gasteiger partial charge in [-0.25, -0.2) is 14.4 Å². The van der Waals surface area contributed by atoms with Gasteiger partial charge in [0, 0.05) is 17.1 Å². The SMILES string of the molecule is COc1cc2ncnc(Nc3ccc(F)c(Cl)c3)c2cc1OCCCCN. The van der Waals surface area contributed by atoms with Gasteiger partial charge in [-0.2, -0.15) is 0 Å². The average Bonchev–Trinajstić information content (AvgIpc) is 2.68. The van der Waals surface area contributed by atoms with Crippen LogP contribution in [0.15, 0.2) is 36.7 Å². The summed E-state index contributed by atoms with van der Waals surface area (Å²) >= 11 is 5.85. The van der Waals surface area contributed by atoms with Crippen LogP contribution in [0, 0.1) is 5.82 Å². The van der Waals surface area contributed by atoms with E-state index in [1.54, 1.807) is 19.2 Å². The zero-order valence-electron chi connectivity index (χ0n) is 14.8. The number of benzene rings is 2. The first-order chi connectivity index (χ1) is 13.1. The number of unbranched alkanes of at least 4 members (excludes halogenated alkanes) is 1. The number of ether oxygens (including phenoxy) is 2. The lowest BCUT2D eigenvalue weighted by molar-refractivity contribution is 0.287. The Morgan fingerprint density at radius 1 is 1.15 bits per heavy atom. The Bertz CT molecular complexity index is 939. The Kier molecular flexibility index (Phi) is 6.26. The van der Waals surface area contributed by atoms with Gasteiger partial charge in [-0.15, -0.1) is 0 Å². The van der Waals surface area contributed by atoms with Gasteiger partial charge in [-0.3, -0.25) is 0 Å². The van der Waals surface area contributed by atoms with Crippen molar-refractivity contribution in [2.75, 3.05) is 25.6 Å². The van der Waals surface area contributed by atoms with Crippen LogP contribution >= 0.6 is 11.6 Å². The van der Waals surface area contributed by atoms with Crippen molar-refractivity contribution in [1.82, 2.24) is 9.97 Å². The average molecular weight is 391 g/mol. The fourth-order valence-electron chi connectivity index (χ4n) is 2.58. The standard InChI is InChI=1S/C19H20ClFN4O2/c1-26-17-10-16-13(9-18(17)27-7-3-2-6-22)19(24-11-23-16)25-12-4-5-15(21)14(20)8-12/h4-5,8-11H,2-3,6-7,22H2,1H3,(H,23,24,25). The molecule has 27 heavy (non-hydrogen) atoms. The van der Waals surface area contributed by atoms with E-state index in [0.29, 0.717) is 41.7 Å². The first kappa shape index (κ1) is 19.1. The number of aromatic nitrogens is 2. The topological polar surface area (TPSA) is 82.3 Å². The van der Waals surface area contributed by atoms with Crippen LogP contribution < -0.4 is 20.5 Å². The minimum absolute atomic E-state index is 0.0314. The molecule has 0 saturated carbocycles. The molecule has 0 saturated heterocycles. The van der Waals surface area contributed by atoms with Gasteiger partial charge in [-0.05, 0) is 43.7 Å². The summed E-state index contributed by atoms with van der Waals surface area (Å²) in [4.78, 5) is 8.57. The minimum atomic E-state index is -0.479. The predicted molar refractivity (Wildman–Crippen MR) is 105 cm³/mol. The van der Waals surface area contributed by atoms with Crippen molar-refractivity contribution < 1.29 is 13.9 Å². The Balaban J connectivity index is 1.94. The molecule has 1 aromatic heterocycles. The number of methoxy groups -OCH3 is 1. The van der Waals surface area contributed by atoms with Crippen molar-refractivity contribution >= 4 is 34.0 Å². The fourth-order valence-corrected chi connectivity index (χ4v) is 2.76. The lowest BCUT2D eigenvalue weighted by Gasteiger charge is -2.14. The second-order valence-electron chi connectivity index (χ2n) is 5.84. The molecule has 0 bridgehead atoms. The Labute approximate surface area is 161 Å². The van der Waals surface area contributed by atoms with E-state index < -0.39 is 5.82 Å². The van der Waals surface area contributed by atoms with Crippen LogP contribution in [0.3, 0.4) is 0 Å². The maximum absolute atomic E-state index is 13.4. The third-order valence-electron chi connectivity index (χ3n) is 3.96. The molecule has 3 N–H and O–H groups in total. The molecule has 0 amide bonds. The van der Waals surface area contributed by atoms with E-state index in [0.717, 1.165) is 18.2 Å². The molecule has 0 spiro atoms. The number of nitrogens with two attached hydrogens (primary N) is 1. The summed E-state index contributed by atoms with van der Waals surface area (Å²) in [5, 5.41) is 3.92. The molecule has 142 valence electrons. The van der Waals surface area contributed by atoms with Crippen LogP contribution in [-0.4, -0.2) is 30.2 Å². The largest absolute Gasteiger partial charge is 0.493 e. The van der Waals surface area contributed by atoms with Gasteiger partial charge >= 0.3 is 0 Å². The molecule has 8 heteroatoms. The van der Waals surface area contributed by atoms with Crippen LogP contribution in [-0.2, 0) is 0 Å². The highest BCUT2D eigenvalue weighted by Crippen LogP contribution is 2.35. The van der Waals surface area contributed by atoms with E-state index in [1.807, 2.05) is 6.07 Å². The van der Waals surface area contributed by atoms with Gasteiger partial charge in [0.1, 0.15) is 18.0 Å². The third-order valence-corrected chi connectivity index (χ3v) is 4.25. The van der Waals surface area contributed by atoms with Crippen molar-refractivity contribution in [3.05, 3.63) is 47.5 Å². The summed E-state index contributed by atoms with van der Waals surface area (Å²) in [6.45, 7) is 1.16. The zero-order chi connectivity index (χ0) is 19.2. The molecule has 3 aromatic rings. The van der Waals surface area contributed by atoms with Crippen molar-refractivity contribution in [2.45, 2.75) is 12.8 Å². The highest BCUT2D eigenvalue weighted by atomic mass is 35.5. The summed E-state index contributed by atoms with van der Waals surface area (Å²) in [5.74, 6) is 1.26. The quantitative estimate of drug-likeness (QED) is 0.558. The molecule has 1 heterocycles. The van der Waals surface area contributed by atoms with Gasteiger partial charge < -0.3 is 20.5 Å². The van der Waals surface area contributed by atoms with E-state index >= 15 is 0 Å². The van der Waals surface area contributed by atoms with Crippen molar-refractivity contribution in [2.24, 2.45) is 5.73 Å². The number of halogens is 2. The molecule has 0 aliphatic heterocycles. The molecule has 3 rings (SSSR count). The molecular formula is C19H20ClFN4O2. The highest BCUT2D eigenvalue weighted by Gasteiger charge is 2.12. The van der Waals surface area contributed by atoms with Crippen molar-refractivity contribution in [3.8, 4) is 11.5 Å². The molecular weight excluding hydrogens is 371 g/mol. The van der Waals surface area contributed by atoms with Crippen LogP contribution in [0.4, 0.5) is 15.9 Å². The van der Waals surface area contributed by atoms with E-state index in [2.05, 4.69) is 15.3 Å². The fraction of sp³-hybridized carbons (Fsp3) is 0.263. The summed E-state index contributed by atoms with van der Waals surface area (Å²) < 4.78 is 24.6. The van der Waals surface area contributed by atoms with Crippen LogP contribution in [0.25, 0.3) is 10.9 Å². The van der Waals surface area contributed by atoms with Gasteiger partial charge in [0.2, 0.25) is 0 Å². The number of fused-ring (bicyclic) bond motifs is 1.